The number of phenols is 3. The molecule has 0 fully saturated rings. The van der Waals surface area contributed by atoms with Crippen molar-refractivity contribution < 1.29 is 40.2 Å². The first-order valence-corrected chi connectivity index (χ1v) is 8.20. The topological polar surface area (TPSA) is 148 Å². The van der Waals surface area contributed by atoms with Gasteiger partial charge in [-0.05, 0) is 47.4 Å². The van der Waals surface area contributed by atoms with Crippen LogP contribution in [0.4, 0.5) is 0 Å². The fraction of sp³-hybridized carbons (Fsp3) is 0.316. The van der Waals surface area contributed by atoms with E-state index >= 15 is 0 Å². The second kappa shape index (κ2) is 6.64. The quantitative estimate of drug-likeness (QED) is 0.432. The number of aliphatic hydroxyl groups excluding tert-OH is 1. The summed E-state index contributed by atoms with van der Waals surface area (Å²) in [6.07, 6.45) is -0.138. The Hall–Kier alpha value is -2.97. The molecule has 2 aromatic rings. The molecule has 0 heterocycles. The number of benzene rings is 2. The zero-order valence-corrected chi connectivity index (χ0v) is 14.5. The molecule has 6 N–H and O–H groups in total. The lowest BCUT2D eigenvalue weighted by Crippen LogP contribution is -2.54. The number of rotatable bonds is 4. The molecule has 0 spiro atoms. The summed E-state index contributed by atoms with van der Waals surface area (Å²) in [6.45, 7) is -0.848. The van der Waals surface area contributed by atoms with Crippen molar-refractivity contribution in [1.29, 1.82) is 0 Å². The SMILES string of the molecule is COc1cc([C@H]2c3cc(O)c(O)cc3C[C@@H](C(=O)O)[C@]2(O)CO)ccc1O. The predicted molar refractivity (Wildman–Crippen MR) is 93.1 cm³/mol. The normalized spacial score (nSPS) is 24.3. The average Bonchev–Trinajstić information content (AvgIpc) is 2.63. The lowest BCUT2D eigenvalue weighted by Gasteiger charge is -2.44. The van der Waals surface area contributed by atoms with Crippen LogP contribution in [0.5, 0.6) is 23.0 Å². The Bertz CT molecular complexity index is 894. The number of fused-ring (bicyclic) bond motifs is 1. The van der Waals surface area contributed by atoms with Gasteiger partial charge in [0, 0.05) is 5.92 Å². The van der Waals surface area contributed by atoms with Crippen LogP contribution >= 0.6 is 0 Å². The third kappa shape index (κ3) is 2.92. The third-order valence-corrected chi connectivity index (χ3v) is 5.16. The van der Waals surface area contributed by atoms with E-state index in [0.29, 0.717) is 16.7 Å². The molecule has 3 atom stereocenters. The lowest BCUT2D eigenvalue weighted by atomic mass is 9.63. The smallest absolute Gasteiger partial charge is 0.309 e. The Morgan fingerprint density at radius 2 is 1.81 bits per heavy atom. The summed E-state index contributed by atoms with van der Waals surface area (Å²) in [5, 5.41) is 60.3. The average molecular weight is 376 g/mol. The maximum absolute atomic E-state index is 11.8. The van der Waals surface area contributed by atoms with Gasteiger partial charge in [-0.1, -0.05) is 6.07 Å². The van der Waals surface area contributed by atoms with E-state index in [9.17, 15) is 35.4 Å². The van der Waals surface area contributed by atoms with Crippen molar-refractivity contribution in [2.45, 2.75) is 17.9 Å². The highest BCUT2D eigenvalue weighted by molar-refractivity contribution is 5.74. The van der Waals surface area contributed by atoms with Crippen LogP contribution in [-0.4, -0.2) is 55.9 Å². The first-order valence-electron chi connectivity index (χ1n) is 8.20. The summed E-state index contributed by atoms with van der Waals surface area (Å²) in [5.41, 5.74) is -0.914. The second-order valence-electron chi connectivity index (χ2n) is 6.65. The molecule has 0 saturated carbocycles. The van der Waals surface area contributed by atoms with Crippen molar-refractivity contribution in [2.24, 2.45) is 5.92 Å². The highest BCUT2D eigenvalue weighted by Gasteiger charge is 2.52. The predicted octanol–water partition coefficient (Wildman–Crippen LogP) is 0.924. The van der Waals surface area contributed by atoms with Gasteiger partial charge in [0.1, 0.15) is 5.60 Å². The number of hydrogen-bond donors (Lipinski definition) is 6. The monoisotopic (exact) mass is 376 g/mol. The van der Waals surface area contributed by atoms with E-state index in [1.165, 1.54) is 37.4 Å². The summed E-state index contributed by atoms with van der Waals surface area (Å²) in [6, 6.07) is 6.73. The van der Waals surface area contributed by atoms with Crippen LogP contribution < -0.4 is 4.74 Å². The number of methoxy groups -OCH3 is 1. The molecule has 8 heteroatoms. The fourth-order valence-electron chi connectivity index (χ4n) is 3.79. The Morgan fingerprint density at radius 1 is 1.15 bits per heavy atom. The van der Waals surface area contributed by atoms with Gasteiger partial charge in [0.05, 0.1) is 19.6 Å². The molecule has 0 unspecified atom stereocenters. The summed E-state index contributed by atoms with van der Waals surface area (Å²) in [5.74, 6) is -4.59. The number of aliphatic carboxylic acids is 1. The lowest BCUT2D eigenvalue weighted by molar-refractivity contribution is -0.158. The highest BCUT2D eigenvalue weighted by atomic mass is 16.5. The van der Waals surface area contributed by atoms with Gasteiger partial charge in [0.15, 0.2) is 23.0 Å². The fourth-order valence-corrected chi connectivity index (χ4v) is 3.79. The number of aliphatic hydroxyl groups is 2. The standard InChI is InChI=1S/C19H20O8/c1-27-16-6-9(2-3-13(16)21)17-11-7-15(23)14(22)5-10(11)4-12(18(24)25)19(17,26)8-20/h2-3,5-7,12,17,20-23,26H,4,8H2,1H3,(H,24,25)/t12-,17-,19+/m0/s1. The van der Waals surface area contributed by atoms with Gasteiger partial charge < -0.3 is 35.4 Å². The van der Waals surface area contributed by atoms with E-state index < -0.39 is 41.5 Å². The summed E-state index contributed by atoms with van der Waals surface area (Å²) < 4.78 is 5.08. The van der Waals surface area contributed by atoms with E-state index in [1.807, 2.05) is 0 Å². The number of phenolic OH excluding ortho intramolecular Hbond substituents is 3. The van der Waals surface area contributed by atoms with Crippen molar-refractivity contribution in [1.82, 2.24) is 0 Å². The van der Waals surface area contributed by atoms with Crippen LogP contribution in [0.3, 0.4) is 0 Å². The number of hydrogen-bond acceptors (Lipinski definition) is 7. The molecular weight excluding hydrogens is 356 g/mol. The minimum Gasteiger partial charge on any atom is -0.504 e. The molecule has 2 aromatic carbocycles. The Labute approximate surface area is 154 Å². The van der Waals surface area contributed by atoms with E-state index in [-0.39, 0.29) is 17.9 Å². The number of carbonyl (C=O) groups is 1. The van der Waals surface area contributed by atoms with Gasteiger partial charge in [-0.25, -0.2) is 0 Å². The minimum atomic E-state index is -2.08. The van der Waals surface area contributed by atoms with Crippen LogP contribution in [-0.2, 0) is 11.2 Å². The molecule has 0 aliphatic heterocycles. The van der Waals surface area contributed by atoms with Gasteiger partial charge >= 0.3 is 5.97 Å². The van der Waals surface area contributed by atoms with Crippen LogP contribution in [0.25, 0.3) is 0 Å². The zero-order chi connectivity index (χ0) is 19.9. The summed E-state index contributed by atoms with van der Waals surface area (Å²) in [7, 11) is 1.34. The molecule has 1 aliphatic carbocycles. The highest BCUT2D eigenvalue weighted by Crippen LogP contribution is 2.49. The van der Waals surface area contributed by atoms with Crippen molar-refractivity contribution in [3.8, 4) is 23.0 Å². The molecular formula is C19H20O8. The number of ether oxygens (including phenoxy) is 1. The molecule has 0 aromatic heterocycles. The van der Waals surface area contributed by atoms with E-state index in [2.05, 4.69) is 0 Å². The van der Waals surface area contributed by atoms with Gasteiger partial charge in [0.2, 0.25) is 0 Å². The molecule has 0 radical (unpaired) electrons. The summed E-state index contributed by atoms with van der Waals surface area (Å²) >= 11 is 0. The first-order chi connectivity index (χ1) is 12.7. The molecule has 8 nitrogen and oxygen atoms in total. The zero-order valence-electron chi connectivity index (χ0n) is 14.5. The van der Waals surface area contributed by atoms with Crippen LogP contribution in [0.15, 0.2) is 30.3 Å². The van der Waals surface area contributed by atoms with E-state index in [0.717, 1.165) is 0 Å². The Balaban J connectivity index is 2.30. The number of carboxylic acids is 1. The molecule has 0 amide bonds. The van der Waals surface area contributed by atoms with Crippen molar-refractivity contribution >= 4 is 5.97 Å². The van der Waals surface area contributed by atoms with E-state index in [1.54, 1.807) is 0 Å². The maximum Gasteiger partial charge on any atom is 0.309 e. The number of aromatic hydroxyl groups is 3. The van der Waals surface area contributed by atoms with Crippen LogP contribution in [0.2, 0.25) is 0 Å². The first kappa shape index (κ1) is 18.8. The van der Waals surface area contributed by atoms with Gasteiger partial charge in [-0.2, -0.15) is 0 Å². The number of carboxylic acid groups (broad SMARTS) is 1. The van der Waals surface area contributed by atoms with Crippen LogP contribution in [0.1, 0.15) is 22.6 Å². The molecule has 27 heavy (non-hydrogen) atoms. The molecule has 3 rings (SSSR count). The summed E-state index contributed by atoms with van der Waals surface area (Å²) in [4.78, 5) is 11.8. The Kier molecular flexibility index (Phi) is 4.63. The van der Waals surface area contributed by atoms with Crippen molar-refractivity contribution in [2.75, 3.05) is 13.7 Å². The molecule has 144 valence electrons. The molecule has 0 bridgehead atoms. The maximum atomic E-state index is 11.8. The van der Waals surface area contributed by atoms with Gasteiger partial charge in [0.25, 0.3) is 0 Å². The van der Waals surface area contributed by atoms with Gasteiger partial charge in [-0.3, -0.25) is 4.79 Å². The molecule has 1 aliphatic rings. The second-order valence-corrected chi connectivity index (χ2v) is 6.65. The van der Waals surface area contributed by atoms with Crippen molar-refractivity contribution in [3.63, 3.8) is 0 Å². The molecule has 0 saturated heterocycles. The van der Waals surface area contributed by atoms with Crippen LogP contribution in [0, 0.1) is 5.92 Å². The van der Waals surface area contributed by atoms with E-state index in [4.69, 9.17) is 4.74 Å². The third-order valence-electron chi connectivity index (χ3n) is 5.16. The van der Waals surface area contributed by atoms with Crippen molar-refractivity contribution in [3.05, 3.63) is 47.0 Å². The van der Waals surface area contributed by atoms with Gasteiger partial charge in [-0.15, -0.1) is 0 Å². The minimum absolute atomic E-state index is 0.106. The Morgan fingerprint density at radius 3 is 2.41 bits per heavy atom. The largest absolute Gasteiger partial charge is 0.504 e.